The van der Waals surface area contributed by atoms with E-state index in [9.17, 15) is 4.57 Å². The third-order valence-electron chi connectivity index (χ3n) is 6.81. The Morgan fingerprint density at radius 3 is 1.53 bits per heavy atom. The summed E-state index contributed by atoms with van der Waals surface area (Å²) >= 11 is 0. The molecule has 0 N–H and O–H groups in total. The molecule has 2 aliphatic rings. The predicted octanol–water partition coefficient (Wildman–Crippen LogP) is 7.25. The fourth-order valence-electron chi connectivity index (χ4n) is 4.37. The van der Waals surface area contributed by atoms with Crippen LogP contribution in [0.2, 0.25) is 0 Å². The second-order valence-electron chi connectivity index (χ2n) is 11.8. The van der Waals surface area contributed by atoms with Gasteiger partial charge >= 0.3 is 7.82 Å². The molecule has 2 heterocycles. The maximum atomic E-state index is 12.7. The highest BCUT2D eigenvalue weighted by Crippen LogP contribution is 2.49. The molecule has 0 aromatic carbocycles. The van der Waals surface area contributed by atoms with Gasteiger partial charge in [0.1, 0.15) is 0 Å². The summed E-state index contributed by atoms with van der Waals surface area (Å²) in [6.07, 6.45) is 11.9. The van der Waals surface area contributed by atoms with Gasteiger partial charge in [0.05, 0.1) is 26.4 Å². The molecule has 0 aromatic rings. The van der Waals surface area contributed by atoms with Crippen molar-refractivity contribution in [3.8, 4) is 0 Å². The van der Waals surface area contributed by atoms with Gasteiger partial charge in [-0.3, -0.25) is 13.6 Å². The Labute approximate surface area is 220 Å². The fraction of sp³-hybridized carbons (Fsp3) is 1.00. The zero-order chi connectivity index (χ0) is 26.3. The molecular formula is C27H53O8P. The van der Waals surface area contributed by atoms with Crippen molar-refractivity contribution in [2.75, 3.05) is 46.8 Å². The molecule has 0 amide bonds. The van der Waals surface area contributed by atoms with Gasteiger partial charge in [0.2, 0.25) is 0 Å². The van der Waals surface area contributed by atoms with Gasteiger partial charge in [-0.2, -0.15) is 0 Å². The molecule has 2 atom stereocenters. The quantitative estimate of drug-likeness (QED) is 0.126. The van der Waals surface area contributed by atoms with Gasteiger partial charge in [0.15, 0.2) is 12.6 Å². The summed E-state index contributed by atoms with van der Waals surface area (Å²) in [7, 11) is -2.13. The summed E-state index contributed by atoms with van der Waals surface area (Å²) in [6, 6.07) is 0. The minimum Gasteiger partial charge on any atom is -0.353 e. The van der Waals surface area contributed by atoms with E-state index in [1.54, 1.807) is 0 Å². The molecule has 0 aromatic heterocycles. The fourth-order valence-corrected chi connectivity index (χ4v) is 5.36. The SMILES string of the molecule is COP(=O)(OCCCCC(C)(C)COC1CCCCO1)OCCCCC(C)(C)COC1CCCCO1. The van der Waals surface area contributed by atoms with E-state index in [1.165, 1.54) is 20.0 Å². The first-order valence-corrected chi connectivity index (χ1v) is 15.5. The van der Waals surface area contributed by atoms with Crippen molar-refractivity contribution in [1.82, 2.24) is 0 Å². The third kappa shape index (κ3) is 14.2. The van der Waals surface area contributed by atoms with Crippen LogP contribution in [0.4, 0.5) is 0 Å². The first kappa shape index (κ1) is 32.2. The van der Waals surface area contributed by atoms with Crippen LogP contribution >= 0.6 is 7.82 Å². The van der Waals surface area contributed by atoms with Crippen LogP contribution < -0.4 is 0 Å². The molecule has 0 aliphatic carbocycles. The Balaban J connectivity index is 1.52. The van der Waals surface area contributed by atoms with Crippen LogP contribution in [0.5, 0.6) is 0 Å². The minimum atomic E-state index is -3.51. The molecule has 2 unspecified atom stereocenters. The van der Waals surface area contributed by atoms with Crippen molar-refractivity contribution in [3.63, 3.8) is 0 Å². The minimum absolute atomic E-state index is 0.0540. The maximum absolute atomic E-state index is 12.7. The van der Waals surface area contributed by atoms with Crippen molar-refractivity contribution in [2.24, 2.45) is 10.8 Å². The molecule has 0 bridgehead atoms. The smallest absolute Gasteiger partial charge is 0.353 e. The van der Waals surface area contributed by atoms with E-state index in [4.69, 9.17) is 32.5 Å². The number of phosphoric ester groups is 1. The van der Waals surface area contributed by atoms with Crippen LogP contribution in [-0.4, -0.2) is 59.3 Å². The standard InChI is InChI=1S/C27H53O8P/c1-26(2,22-32-24-14-6-10-18-30-24)16-8-12-20-34-36(28,29-5)35-21-13-9-17-27(3,4)23-33-25-15-7-11-19-31-25/h24-25H,6-23H2,1-5H3. The Morgan fingerprint density at radius 2 is 1.17 bits per heavy atom. The maximum Gasteiger partial charge on any atom is 0.474 e. The molecule has 8 nitrogen and oxygen atoms in total. The normalized spacial score (nSPS) is 23.5. The highest BCUT2D eigenvalue weighted by Gasteiger charge is 2.26. The van der Waals surface area contributed by atoms with Gasteiger partial charge in [-0.15, -0.1) is 0 Å². The lowest BCUT2D eigenvalue weighted by molar-refractivity contribution is -0.176. The van der Waals surface area contributed by atoms with Crippen molar-refractivity contribution in [3.05, 3.63) is 0 Å². The monoisotopic (exact) mass is 536 g/mol. The summed E-state index contributed by atoms with van der Waals surface area (Å²) in [5.74, 6) is 0. The van der Waals surface area contributed by atoms with E-state index >= 15 is 0 Å². The van der Waals surface area contributed by atoms with Gasteiger partial charge in [-0.05, 0) is 75.0 Å². The number of ether oxygens (including phenoxy) is 4. The van der Waals surface area contributed by atoms with Gasteiger partial charge in [0, 0.05) is 20.3 Å². The van der Waals surface area contributed by atoms with Crippen molar-refractivity contribution in [1.29, 1.82) is 0 Å². The van der Waals surface area contributed by atoms with Crippen LogP contribution in [0.3, 0.4) is 0 Å². The average molecular weight is 537 g/mol. The van der Waals surface area contributed by atoms with Gasteiger partial charge < -0.3 is 18.9 Å². The molecule has 0 radical (unpaired) electrons. The molecule has 9 heteroatoms. The van der Waals surface area contributed by atoms with Crippen molar-refractivity contribution >= 4 is 7.82 Å². The van der Waals surface area contributed by atoms with Crippen molar-refractivity contribution < 1.29 is 37.1 Å². The summed E-state index contributed by atoms with van der Waals surface area (Å²) in [4.78, 5) is 0. The van der Waals surface area contributed by atoms with E-state index in [2.05, 4.69) is 27.7 Å². The second kappa shape index (κ2) is 16.8. The van der Waals surface area contributed by atoms with Gasteiger partial charge in [-0.1, -0.05) is 40.5 Å². The van der Waals surface area contributed by atoms with Gasteiger partial charge in [-0.25, -0.2) is 4.57 Å². The largest absolute Gasteiger partial charge is 0.474 e. The molecule has 36 heavy (non-hydrogen) atoms. The number of unbranched alkanes of at least 4 members (excludes halogenated alkanes) is 2. The molecule has 2 fully saturated rings. The number of rotatable bonds is 19. The molecule has 0 spiro atoms. The topological polar surface area (TPSA) is 81.7 Å². The van der Waals surface area contributed by atoms with Gasteiger partial charge in [0.25, 0.3) is 0 Å². The average Bonchev–Trinajstić information content (AvgIpc) is 2.87. The van der Waals surface area contributed by atoms with E-state index in [-0.39, 0.29) is 23.4 Å². The molecule has 0 saturated carbocycles. The zero-order valence-corrected chi connectivity index (χ0v) is 24.5. The summed E-state index contributed by atoms with van der Waals surface area (Å²) in [5, 5.41) is 0. The summed E-state index contributed by atoms with van der Waals surface area (Å²) in [6.45, 7) is 12.5. The van der Waals surface area contributed by atoms with Crippen molar-refractivity contribution in [2.45, 2.75) is 117 Å². The Bertz CT molecular complexity index is 567. The zero-order valence-electron chi connectivity index (χ0n) is 23.6. The first-order chi connectivity index (χ1) is 17.1. The lowest BCUT2D eigenvalue weighted by atomic mass is 9.88. The molecular weight excluding hydrogens is 483 g/mol. The van der Waals surface area contributed by atoms with Crippen LogP contribution in [-0.2, 0) is 37.1 Å². The van der Waals surface area contributed by atoms with E-state index in [0.29, 0.717) is 26.4 Å². The Morgan fingerprint density at radius 1 is 0.722 bits per heavy atom. The van der Waals surface area contributed by atoms with Crippen LogP contribution in [0, 0.1) is 10.8 Å². The Kier molecular flexibility index (Phi) is 15.0. The van der Waals surface area contributed by atoms with E-state index < -0.39 is 7.82 Å². The second-order valence-corrected chi connectivity index (χ2v) is 13.5. The number of phosphoric acid groups is 1. The molecule has 214 valence electrons. The van der Waals surface area contributed by atoms with Crippen LogP contribution in [0.25, 0.3) is 0 Å². The summed E-state index contributed by atoms with van der Waals surface area (Å²) < 4.78 is 52.1. The molecule has 2 saturated heterocycles. The lowest BCUT2D eigenvalue weighted by Gasteiger charge is -2.29. The predicted molar refractivity (Wildman–Crippen MR) is 141 cm³/mol. The highest BCUT2D eigenvalue weighted by molar-refractivity contribution is 7.48. The summed E-state index contributed by atoms with van der Waals surface area (Å²) in [5.41, 5.74) is 0.120. The van der Waals surface area contributed by atoms with E-state index in [0.717, 1.165) is 77.4 Å². The van der Waals surface area contributed by atoms with E-state index in [1.807, 2.05) is 0 Å². The highest BCUT2D eigenvalue weighted by atomic mass is 31.2. The first-order valence-electron chi connectivity index (χ1n) is 14.0. The number of hydrogen-bond donors (Lipinski definition) is 0. The van der Waals surface area contributed by atoms with Crippen LogP contribution in [0.15, 0.2) is 0 Å². The molecule has 2 rings (SSSR count). The number of hydrogen-bond acceptors (Lipinski definition) is 8. The Hall–Kier alpha value is -0.0500. The van der Waals surface area contributed by atoms with Crippen LogP contribution in [0.1, 0.15) is 105 Å². The lowest BCUT2D eigenvalue weighted by Crippen LogP contribution is -2.28. The third-order valence-corrected chi connectivity index (χ3v) is 8.26. The molecule has 2 aliphatic heterocycles.